The molecule has 3 heterocycles. The Hall–Kier alpha value is -6.63. The second-order valence-electron chi connectivity index (χ2n) is 17.5. The molecule has 5 aromatic carbocycles. The fourth-order valence-corrected chi connectivity index (χ4v) is 10.8. The van der Waals surface area contributed by atoms with E-state index in [9.17, 15) is 23.3 Å². The topological polar surface area (TPSA) is 169 Å². The molecular formula is C53H49Cl2N5O8S. The van der Waals surface area contributed by atoms with Crippen molar-refractivity contribution in [1.82, 2.24) is 14.6 Å². The maximum atomic E-state index is 14.9. The van der Waals surface area contributed by atoms with E-state index >= 15 is 0 Å². The van der Waals surface area contributed by atoms with Crippen LogP contribution in [-0.4, -0.2) is 61.9 Å². The molecule has 1 aliphatic carbocycles. The number of carbonyl (C=O) groups is 2. The molecule has 2 aliphatic heterocycles. The van der Waals surface area contributed by atoms with E-state index in [0.717, 1.165) is 47.2 Å². The van der Waals surface area contributed by atoms with Gasteiger partial charge in [-0.15, -0.1) is 0 Å². The van der Waals surface area contributed by atoms with Crippen LogP contribution in [-0.2, 0) is 50.3 Å². The fourth-order valence-electron chi connectivity index (χ4n) is 8.74. The summed E-state index contributed by atoms with van der Waals surface area (Å²) in [5.41, 5.74) is 6.43. The Bertz CT molecular complexity index is 3040. The van der Waals surface area contributed by atoms with E-state index in [2.05, 4.69) is 21.7 Å². The van der Waals surface area contributed by atoms with Gasteiger partial charge in [-0.3, -0.25) is 4.79 Å². The predicted octanol–water partition coefficient (Wildman–Crippen LogP) is 9.56. The summed E-state index contributed by atoms with van der Waals surface area (Å²) < 4.78 is 54.9. The summed E-state index contributed by atoms with van der Waals surface area (Å²) in [6.45, 7) is 2.72. The zero-order valence-corrected chi connectivity index (χ0v) is 40.2. The van der Waals surface area contributed by atoms with Crippen LogP contribution in [0, 0.1) is 24.2 Å². The number of aromatic nitrogens is 1. The Morgan fingerprint density at radius 3 is 2.26 bits per heavy atom. The third-order valence-corrected chi connectivity index (χ3v) is 15.6. The Morgan fingerprint density at radius 1 is 0.884 bits per heavy atom. The van der Waals surface area contributed by atoms with Crippen molar-refractivity contribution in [2.75, 3.05) is 25.6 Å². The lowest BCUT2D eigenvalue weighted by Gasteiger charge is -2.37. The molecule has 1 saturated carbocycles. The molecule has 1 aromatic heterocycles. The molecule has 69 heavy (non-hydrogen) atoms. The van der Waals surface area contributed by atoms with Crippen molar-refractivity contribution >= 4 is 50.9 Å². The fraction of sp³-hybridized carbons (Fsp3) is 0.283. The number of amides is 1. The van der Waals surface area contributed by atoms with Gasteiger partial charge in [0.25, 0.3) is 0 Å². The molecule has 16 heteroatoms. The van der Waals surface area contributed by atoms with Crippen molar-refractivity contribution < 1.29 is 37.0 Å². The van der Waals surface area contributed by atoms with Gasteiger partial charge in [-0.1, -0.05) is 84.2 Å². The van der Waals surface area contributed by atoms with Gasteiger partial charge in [-0.2, -0.15) is 9.57 Å². The highest BCUT2D eigenvalue weighted by molar-refractivity contribution is 7.89. The summed E-state index contributed by atoms with van der Waals surface area (Å²) in [4.78, 5) is 32.6. The zero-order valence-electron chi connectivity index (χ0n) is 37.9. The largest absolute Gasteiger partial charge is 0.489 e. The molecule has 6 aromatic rings. The third kappa shape index (κ3) is 10.7. The maximum Gasteiger partial charge on any atom is 0.328 e. The highest BCUT2D eigenvalue weighted by atomic mass is 35.5. The van der Waals surface area contributed by atoms with Crippen LogP contribution in [0.5, 0.6) is 17.2 Å². The number of rotatable bonds is 15. The van der Waals surface area contributed by atoms with Crippen LogP contribution in [0.4, 0.5) is 5.82 Å². The van der Waals surface area contributed by atoms with E-state index in [1.54, 1.807) is 49.4 Å². The van der Waals surface area contributed by atoms with Gasteiger partial charge in [0.15, 0.2) is 17.6 Å². The van der Waals surface area contributed by atoms with Crippen LogP contribution in [0.15, 0.2) is 120 Å². The Balaban J connectivity index is 0.958. The molecule has 354 valence electrons. The van der Waals surface area contributed by atoms with Gasteiger partial charge in [0.2, 0.25) is 15.9 Å². The van der Waals surface area contributed by atoms with Crippen LogP contribution >= 0.6 is 23.2 Å². The number of benzene rings is 5. The minimum absolute atomic E-state index is 0.0230. The summed E-state index contributed by atoms with van der Waals surface area (Å²) in [6.07, 6.45) is 3.07. The van der Waals surface area contributed by atoms with Crippen molar-refractivity contribution in [3.05, 3.63) is 164 Å². The summed E-state index contributed by atoms with van der Waals surface area (Å²) in [7, 11) is -3.14. The summed E-state index contributed by atoms with van der Waals surface area (Å²) in [5.74, 6) is 1.32. The van der Waals surface area contributed by atoms with Crippen LogP contribution in [0.1, 0.15) is 64.4 Å². The van der Waals surface area contributed by atoms with E-state index in [4.69, 9.17) is 42.1 Å². The summed E-state index contributed by atoms with van der Waals surface area (Å²) >= 11 is 12.2. The second kappa shape index (κ2) is 20.5. The van der Waals surface area contributed by atoms with Gasteiger partial charge in [0.1, 0.15) is 41.8 Å². The lowest BCUT2D eigenvalue weighted by atomic mass is 9.85. The van der Waals surface area contributed by atoms with Crippen molar-refractivity contribution in [2.24, 2.45) is 5.92 Å². The number of anilines is 1. The first-order chi connectivity index (χ1) is 33.3. The SMILES string of the molecule is COC(=O)[C@H](Cc1ccc(-c2ccc(C#N)cc2)cc1)NC(=O)[C@@H]1Cc2cc3c(cc2CN1S(=O)(=O)c1ccc(NCC2CCC2)nc1C)O[C@@H](c1ccc(OCc2ccc(Cl)c(Cl)c2)cc1)CO3. The maximum absolute atomic E-state index is 14.9. The van der Waals surface area contributed by atoms with Gasteiger partial charge < -0.3 is 29.6 Å². The first kappa shape index (κ1) is 47.4. The molecule has 3 atom stereocenters. The number of nitrogens with one attached hydrogen (secondary N) is 2. The first-order valence-electron chi connectivity index (χ1n) is 22.7. The number of pyridine rings is 1. The number of fused-ring (bicyclic) bond motifs is 2. The minimum atomic E-state index is -4.38. The van der Waals surface area contributed by atoms with Gasteiger partial charge in [-0.25, -0.2) is 18.2 Å². The number of halogens is 2. The molecule has 3 aliphatic rings. The molecule has 1 fully saturated rings. The number of ether oxygens (including phenoxy) is 4. The second-order valence-corrected chi connectivity index (χ2v) is 20.2. The molecule has 0 bridgehead atoms. The molecule has 0 unspecified atom stereocenters. The number of carbonyl (C=O) groups excluding carboxylic acids is 2. The Labute approximate surface area is 411 Å². The zero-order chi connectivity index (χ0) is 48.2. The highest BCUT2D eigenvalue weighted by Gasteiger charge is 2.42. The standard InChI is InChI=1S/C53H49Cl2N5O8S/c1-32-50(20-21-51(58-32)57-28-35-4-3-5-35)69(63,64)60-29-41-26-48-47(67-31-49(68-48)39-15-17-42(18-16-39)66-30-36-10-19-43(54)44(55)22-36)25-40(41)24-46(60)52(61)59-45(53(62)65-2)23-33-6-11-37(12-7-33)38-13-8-34(27-56)9-14-38/h6-22,25-26,35,45-46,49H,3-5,23-24,28-31H2,1-2H3,(H,57,58)(H,59,61)/t45-,46-,49+/m0/s1. The molecule has 1 amide bonds. The Kier molecular flexibility index (Phi) is 14.1. The van der Waals surface area contributed by atoms with Crippen molar-refractivity contribution in [3.8, 4) is 34.4 Å². The van der Waals surface area contributed by atoms with Crippen molar-refractivity contribution in [3.63, 3.8) is 0 Å². The predicted molar refractivity (Wildman–Crippen MR) is 262 cm³/mol. The van der Waals surface area contributed by atoms with Gasteiger partial charge in [0.05, 0.1) is 34.5 Å². The van der Waals surface area contributed by atoms with Crippen molar-refractivity contribution in [2.45, 2.75) is 75.3 Å². The van der Waals surface area contributed by atoms with Gasteiger partial charge >= 0.3 is 5.97 Å². The third-order valence-electron chi connectivity index (χ3n) is 12.9. The molecule has 0 radical (unpaired) electrons. The number of hydrogen-bond acceptors (Lipinski definition) is 11. The normalized spacial score (nSPS) is 17.1. The van der Waals surface area contributed by atoms with Crippen LogP contribution in [0.3, 0.4) is 0 Å². The first-order valence-corrected chi connectivity index (χ1v) is 24.9. The number of hydrogen-bond donors (Lipinski definition) is 2. The van der Waals surface area contributed by atoms with Gasteiger partial charge in [-0.05, 0) is 132 Å². The lowest BCUT2D eigenvalue weighted by molar-refractivity contribution is -0.145. The van der Waals surface area contributed by atoms with Crippen LogP contribution in [0.2, 0.25) is 10.0 Å². The van der Waals surface area contributed by atoms with E-state index in [0.29, 0.717) is 62.3 Å². The monoisotopic (exact) mass is 985 g/mol. The number of nitriles is 1. The number of nitrogens with zero attached hydrogens (tertiary/aromatic N) is 3. The molecule has 9 rings (SSSR count). The summed E-state index contributed by atoms with van der Waals surface area (Å²) in [5, 5.41) is 16.3. The quantitative estimate of drug-likeness (QED) is 0.0940. The molecule has 13 nitrogen and oxygen atoms in total. The minimum Gasteiger partial charge on any atom is -0.489 e. The number of methoxy groups -OCH3 is 1. The highest BCUT2D eigenvalue weighted by Crippen LogP contribution is 2.42. The summed E-state index contributed by atoms with van der Waals surface area (Å²) in [6, 6.07) is 34.0. The van der Waals surface area contributed by atoms with E-state index in [1.807, 2.05) is 66.7 Å². The van der Waals surface area contributed by atoms with Crippen LogP contribution in [0.25, 0.3) is 11.1 Å². The van der Waals surface area contributed by atoms with E-state index in [1.165, 1.54) is 23.9 Å². The smallest absolute Gasteiger partial charge is 0.328 e. The van der Waals surface area contributed by atoms with Crippen molar-refractivity contribution in [1.29, 1.82) is 5.26 Å². The van der Waals surface area contributed by atoms with Gasteiger partial charge in [0, 0.05) is 19.5 Å². The molecular weight excluding hydrogens is 938 g/mol. The molecule has 2 N–H and O–H groups in total. The molecule has 0 spiro atoms. The molecule has 0 saturated heterocycles. The van der Waals surface area contributed by atoms with E-state index < -0.39 is 40.1 Å². The average Bonchev–Trinajstić information content (AvgIpc) is 3.35. The number of sulfonamides is 1. The number of aryl methyl sites for hydroxylation is 1. The lowest BCUT2D eigenvalue weighted by Crippen LogP contribution is -2.56. The van der Waals surface area contributed by atoms with Crippen LogP contribution < -0.4 is 24.8 Å². The number of esters is 1. The Morgan fingerprint density at radius 2 is 1.59 bits per heavy atom. The van der Waals surface area contributed by atoms with E-state index in [-0.39, 0.29) is 36.6 Å². The average molecular weight is 987 g/mol.